The Hall–Kier alpha value is -2.39. The first-order valence-electron chi connectivity index (χ1n) is 9.13. The van der Waals surface area contributed by atoms with Crippen molar-refractivity contribution in [2.45, 2.75) is 26.4 Å². The molecule has 152 valence electrons. The maximum absolute atomic E-state index is 13.1. The normalized spacial score (nSPS) is 16.4. The van der Waals surface area contributed by atoms with Gasteiger partial charge in [0.15, 0.2) is 0 Å². The number of benzene rings is 1. The molecule has 1 amide bonds. The number of methoxy groups -OCH3 is 1. The monoisotopic (exact) mass is 406 g/mol. The number of hydrogen-bond donors (Lipinski definition) is 1. The van der Waals surface area contributed by atoms with E-state index in [1.54, 1.807) is 19.6 Å². The molecule has 0 unspecified atom stereocenters. The van der Waals surface area contributed by atoms with Crippen LogP contribution in [-0.2, 0) is 34.3 Å². The van der Waals surface area contributed by atoms with Crippen molar-refractivity contribution in [3.05, 3.63) is 48.0 Å². The second-order valence-electron chi connectivity index (χ2n) is 7.19. The quantitative estimate of drug-likeness (QED) is 0.707. The smallest absolute Gasteiger partial charge is 0.229 e. The van der Waals surface area contributed by atoms with E-state index in [0.29, 0.717) is 18.7 Å². The molecule has 0 aliphatic carbocycles. The highest BCUT2D eigenvalue weighted by atomic mass is 32.2. The highest BCUT2D eigenvalue weighted by Crippen LogP contribution is 2.36. The SMILES string of the molecule is CCn1cncc1CNC(=O)C1(Cc2cccc(OC)c2)CN(S(C)(=O)=O)C1. The van der Waals surface area contributed by atoms with Crippen molar-refractivity contribution in [1.29, 1.82) is 0 Å². The van der Waals surface area contributed by atoms with Gasteiger partial charge in [-0.05, 0) is 31.0 Å². The first-order chi connectivity index (χ1) is 13.3. The van der Waals surface area contributed by atoms with E-state index >= 15 is 0 Å². The second kappa shape index (κ2) is 7.92. The van der Waals surface area contributed by atoms with Crippen LogP contribution < -0.4 is 10.1 Å². The highest BCUT2D eigenvalue weighted by Gasteiger charge is 2.52. The summed E-state index contributed by atoms with van der Waals surface area (Å²) in [7, 11) is -1.74. The molecular formula is C19H26N4O4S. The molecule has 2 aromatic rings. The Morgan fingerprint density at radius 3 is 2.75 bits per heavy atom. The average molecular weight is 407 g/mol. The Morgan fingerprint density at radius 2 is 2.11 bits per heavy atom. The summed E-state index contributed by atoms with van der Waals surface area (Å²) < 4.78 is 32.3. The average Bonchev–Trinajstić information content (AvgIpc) is 3.09. The number of rotatable bonds is 8. The first kappa shape index (κ1) is 20.3. The van der Waals surface area contributed by atoms with Crippen molar-refractivity contribution in [2.75, 3.05) is 26.5 Å². The zero-order chi connectivity index (χ0) is 20.4. The van der Waals surface area contributed by atoms with Gasteiger partial charge in [0.2, 0.25) is 15.9 Å². The van der Waals surface area contributed by atoms with Crippen molar-refractivity contribution >= 4 is 15.9 Å². The predicted octanol–water partition coefficient (Wildman–Crippen LogP) is 1.03. The number of imidazole rings is 1. The van der Waals surface area contributed by atoms with Crippen LogP contribution in [0, 0.1) is 5.41 Å². The lowest BCUT2D eigenvalue weighted by Crippen LogP contribution is -2.65. The number of nitrogens with one attached hydrogen (secondary N) is 1. The summed E-state index contributed by atoms with van der Waals surface area (Å²) in [6.45, 7) is 3.46. The molecule has 1 aliphatic heterocycles. The number of amides is 1. The van der Waals surface area contributed by atoms with Crippen LogP contribution >= 0.6 is 0 Å². The van der Waals surface area contributed by atoms with Gasteiger partial charge in [-0.3, -0.25) is 4.79 Å². The third-order valence-electron chi connectivity index (χ3n) is 5.15. The minimum absolute atomic E-state index is 0.154. The molecular weight excluding hydrogens is 380 g/mol. The summed E-state index contributed by atoms with van der Waals surface area (Å²) >= 11 is 0. The van der Waals surface area contributed by atoms with Gasteiger partial charge >= 0.3 is 0 Å². The summed E-state index contributed by atoms with van der Waals surface area (Å²) in [6.07, 6.45) is 5.06. The number of aromatic nitrogens is 2. The molecule has 2 heterocycles. The lowest BCUT2D eigenvalue weighted by Gasteiger charge is -2.47. The van der Waals surface area contributed by atoms with Gasteiger partial charge < -0.3 is 14.6 Å². The van der Waals surface area contributed by atoms with Crippen LogP contribution in [0.5, 0.6) is 5.75 Å². The fourth-order valence-corrected chi connectivity index (χ4v) is 4.47. The lowest BCUT2D eigenvalue weighted by molar-refractivity contribution is -0.137. The fraction of sp³-hybridized carbons (Fsp3) is 0.474. The van der Waals surface area contributed by atoms with E-state index < -0.39 is 15.4 Å². The van der Waals surface area contributed by atoms with Crippen molar-refractivity contribution in [1.82, 2.24) is 19.2 Å². The van der Waals surface area contributed by atoms with E-state index in [4.69, 9.17) is 4.74 Å². The van der Waals surface area contributed by atoms with Crippen molar-refractivity contribution < 1.29 is 17.9 Å². The van der Waals surface area contributed by atoms with E-state index in [9.17, 15) is 13.2 Å². The summed E-state index contributed by atoms with van der Waals surface area (Å²) in [5.74, 6) is 0.554. The molecule has 0 bridgehead atoms. The highest BCUT2D eigenvalue weighted by molar-refractivity contribution is 7.88. The molecule has 0 saturated carbocycles. The van der Waals surface area contributed by atoms with Crippen LogP contribution in [0.4, 0.5) is 0 Å². The molecule has 0 radical (unpaired) electrons. The molecule has 8 nitrogen and oxygen atoms in total. The molecule has 0 spiro atoms. The topological polar surface area (TPSA) is 93.5 Å². The Morgan fingerprint density at radius 1 is 1.36 bits per heavy atom. The molecule has 1 aromatic carbocycles. The third kappa shape index (κ3) is 4.20. The Kier molecular flexibility index (Phi) is 5.76. The summed E-state index contributed by atoms with van der Waals surface area (Å²) in [5.41, 5.74) is 1.04. The molecule has 3 rings (SSSR count). The van der Waals surface area contributed by atoms with Crippen molar-refractivity contribution in [3.63, 3.8) is 0 Å². The predicted molar refractivity (Wildman–Crippen MR) is 105 cm³/mol. The largest absolute Gasteiger partial charge is 0.497 e. The number of hydrogen-bond acceptors (Lipinski definition) is 5. The molecule has 1 saturated heterocycles. The minimum atomic E-state index is -3.33. The van der Waals surface area contributed by atoms with E-state index in [0.717, 1.165) is 17.8 Å². The van der Waals surface area contributed by atoms with Crippen LogP contribution in [0.2, 0.25) is 0 Å². The molecule has 28 heavy (non-hydrogen) atoms. The van der Waals surface area contributed by atoms with E-state index in [-0.39, 0.29) is 19.0 Å². The summed E-state index contributed by atoms with van der Waals surface area (Å²) in [4.78, 5) is 17.2. The van der Waals surface area contributed by atoms with Gasteiger partial charge in [-0.1, -0.05) is 12.1 Å². The van der Waals surface area contributed by atoms with Gasteiger partial charge in [0.05, 0.1) is 37.3 Å². The fourth-order valence-electron chi connectivity index (χ4n) is 3.51. The standard InChI is InChI=1S/C19H26N4O4S/c1-4-22-14-20-10-16(22)11-21-18(24)19(12-23(13-19)28(3,25)26)9-15-6-5-7-17(8-15)27-2/h5-8,10,14H,4,9,11-13H2,1-3H3,(H,21,24). The van der Waals surface area contributed by atoms with E-state index in [2.05, 4.69) is 10.3 Å². The molecule has 0 atom stereocenters. The number of aryl methyl sites for hydroxylation is 1. The van der Waals surface area contributed by atoms with Crippen LogP contribution in [0.1, 0.15) is 18.2 Å². The number of sulfonamides is 1. The number of ether oxygens (including phenoxy) is 1. The van der Waals surface area contributed by atoms with Crippen LogP contribution in [0.25, 0.3) is 0 Å². The second-order valence-corrected chi connectivity index (χ2v) is 9.18. The third-order valence-corrected chi connectivity index (χ3v) is 6.35. The van der Waals surface area contributed by atoms with Gasteiger partial charge in [-0.25, -0.2) is 13.4 Å². The first-order valence-corrected chi connectivity index (χ1v) is 11.0. The Balaban J connectivity index is 1.77. The van der Waals surface area contributed by atoms with Crippen LogP contribution in [0.3, 0.4) is 0 Å². The number of carbonyl (C=O) groups excluding carboxylic acids is 1. The van der Waals surface area contributed by atoms with Crippen molar-refractivity contribution in [2.24, 2.45) is 5.41 Å². The zero-order valence-corrected chi connectivity index (χ0v) is 17.2. The molecule has 1 N–H and O–H groups in total. The Bertz CT molecular complexity index is 948. The van der Waals surface area contributed by atoms with Crippen molar-refractivity contribution in [3.8, 4) is 5.75 Å². The van der Waals surface area contributed by atoms with Gasteiger partial charge in [0.25, 0.3) is 0 Å². The molecule has 9 heteroatoms. The molecule has 1 aromatic heterocycles. The zero-order valence-electron chi connectivity index (χ0n) is 16.4. The van der Waals surface area contributed by atoms with E-state index in [1.165, 1.54) is 10.6 Å². The maximum atomic E-state index is 13.1. The van der Waals surface area contributed by atoms with Crippen LogP contribution in [-0.4, -0.2) is 54.6 Å². The van der Waals surface area contributed by atoms with E-state index in [1.807, 2.05) is 35.8 Å². The number of carbonyl (C=O) groups is 1. The van der Waals surface area contributed by atoms with Gasteiger partial charge in [-0.2, -0.15) is 4.31 Å². The van der Waals surface area contributed by atoms with Gasteiger partial charge in [0, 0.05) is 25.8 Å². The van der Waals surface area contributed by atoms with Gasteiger partial charge in [0.1, 0.15) is 5.75 Å². The lowest BCUT2D eigenvalue weighted by atomic mass is 9.75. The van der Waals surface area contributed by atoms with Gasteiger partial charge in [-0.15, -0.1) is 0 Å². The number of nitrogens with zero attached hydrogens (tertiary/aromatic N) is 3. The van der Waals surface area contributed by atoms with Crippen LogP contribution in [0.15, 0.2) is 36.8 Å². The summed E-state index contributed by atoms with van der Waals surface area (Å²) in [6, 6.07) is 7.51. The Labute approximate surface area is 165 Å². The maximum Gasteiger partial charge on any atom is 0.229 e. The molecule has 1 aliphatic rings. The minimum Gasteiger partial charge on any atom is -0.497 e. The summed E-state index contributed by atoms with van der Waals surface area (Å²) in [5, 5.41) is 2.97. The molecule has 1 fully saturated rings.